The van der Waals surface area contributed by atoms with Gasteiger partial charge in [-0.05, 0) is 55.0 Å². The summed E-state index contributed by atoms with van der Waals surface area (Å²) in [5.41, 5.74) is 2.74. The lowest BCUT2D eigenvalue weighted by atomic mass is 10.2. The zero-order valence-corrected chi connectivity index (χ0v) is 11.2. The van der Waals surface area contributed by atoms with Gasteiger partial charge >= 0.3 is 0 Å². The molecule has 0 bridgehead atoms. The smallest absolute Gasteiger partial charge is 0.175 e. The molecule has 91 valence electrons. The quantitative estimate of drug-likeness (QED) is 0.798. The molecule has 18 heavy (non-hydrogen) atoms. The van der Waals surface area contributed by atoms with Crippen molar-refractivity contribution in [1.82, 2.24) is 0 Å². The Hall–Kier alpha value is -1.58. The summed E-state index contributed by atoms with van der Waals surface area (Å²) in [6, 6.07) is 15.1. The van der Waals surface area contributed by atoms with E-state index in [4.69, 9.17) is 23.8 Å². The number of hydrogen-bond donors (Lipinski definition) is 2. The largest absolute Gasteiger partial charge is 0.332 e. The third kappa shape index (κ3) is 3.72. The van der Waals surface area contributed by atoms with Crippen molar-refractivity contribution < 1.29 is 0 Å². The average Bonchev–Trinajstić information content (AvgIpc) is 2.32. The Morgan fingerprint density at radius 1 is 1.00 bits per heavy atom. The van der Waals surface area contributed by atoms with E-state index in [2.05, 4.69) is 17.6 Å². The summed E-state index contributed by atoms with van der Waals surface area (Å²) in [6.45, 7) is 3.83. The topological polar surface area (TPSA) is 24.1 Å². The first-order valence-corrected chi connectivity index (χ1v) is 6.18. The Balaban J connectivity index is 1.98. The first kappa shape index (κ1) is 12.9. The molecule has 2 N–H and O–H groups in total. The fourth-order valence-corrected chi connectivity index (χ4v) is 1.87. The molecule has 4 heteroatoms. The minimum Gasteiger partial charge on any atom is -0.332 e. The van der Waals surface area contributed by atoms with Gasteiger partial charge in [-0.25, -0.2) is 0 Å². The fraction of sp³-hybridized carbons (Fsp3) is 0. The van der Waals surface area contributed by atoms with Crippen LogP contribution in [0.1, 0.15) is 5.56 Å². The zero-order valence-electron chi connectivity index (χ0n) is 9.61. The molecule has 0 heterocycles. The molecule has 2 aromatic rings. The van der Waals surface area contributed by atoms with Crippen LogP contribution in [0.3, 0.4) is 0 Å². The van der Waals surface area contributed by atoms with E-state index in [-0.39, 0.29) is 0 Å². The monoisotopic (exact) mass is 275 g/mol. The van der Waals surface area contributed by atoms with Gasteiger partial charge in [-0.1, -0.05) is 29.8 Å². The third-order valence-corrected chi connectivity index (χ3v) is 2.73. The molecule has 0 aliphatic carbocycles. The molecule has 2 nitrogen and oxygen atoms in total. The normalized spacial score (nSPS) is 9.89. The first-order valence-electron chi connectivity index (χ1n) is 5.39. The number of thiocarbonyl (C=S) groups is 1. The van der Waals surface area contributed by atoms with Crippen LogP contribution in [0, 0.1) is 6.92 Å². The van der Waals surface area contributed by atoms with Gasteiger partial charge in [0.25, 0.3) is 0 Å². The summed E-state index contributed by atoms with van der Waals surface area (Å²) in [5, 5.41) is 7.35. The molecule has 2 rings (SSSR count). The SMILES string of the molecule is [CH2]c1ccc(NC(=S)Nc2cccc(Cl)c2)cc1. The lowest BCUT2D eigenvalue weighted by Crippen LogP contribution is -2.18. The van der Waals surface area contributed by atoms with Gasteiger partial charge in [-0.2, -0.15) is 0 Å². The van der Waals surface area contributed by atoms with Crippen LogP contribution >= 0.6 is 23.8 Å². The lowest BCUT2D eigenvalue weighted by molar-refractivity contribution is 1.57. The van der Waals surface area contributed by atoms with E-state index >= 15 is 0 Å². The van der Waals surface area contributed by atoms with Gasteiger partial charge in [0.2, 0.25) is 0 Å². The van der Waals surface area contributed by atoms with Crippen molar-refractivity contribution in [2.45, 2.75) is 0 Å². The van der Waals surface area contributed by atoms with E-state index in [9.17, 15) is 0 Å². The van der Waals surface area contributed by atoms with Gasteiger partial charge in [-0.3, -0.25) is 0 Å². The molecule has 0 unspecified atom stereocenters. The van der Waals surface area contributed by atoms with Crippen molar-refractivity contribution in [2.24, 2.45) is 0 Å². The van der Waals surface area contributed by atoms with Gasteiger partial charge < -0.3 is 10.6 Å². The van der Waals surface area contributed by atoms with Gasteiger partial charge in [0.05, 0.1) is 0 Å². The summed E-state index contributed by atoms with van der Waals surface area (Å²) in [4.78, 5) is 0. The number of nitrogens with one attached hydrogen (secondary N) is 2. The Morgan fingerprint density at radius 3 is 2.33 bits per heavy atom. The maximum atomic E-state index is 5.90. The van der Waals surface area contributed by atoms with Crippen molar-refractivity contribution in [3.8, 4) is 0 Å². The highest BCUT2D eigenvalue weighted by atomic mass is 35.5. The van der Waals surface area contributed by atoms with E-state index in [0.717, 1.165) is 16.9 Å². The van der Waals surface area contributed by atoms with Gasteiger partial charge in [0.1, 0.15) is 0 Å². The highest BCUT2D eigenvalue weighted by Gasteiger charge is 1.99. The maximum absolute atomic E-state index is 5.90. The van der Waals surface area contributed by atoms with Crippen molar-refractivity contribution >= 4 is 40.3 Å². The Morgan fingerprint density at radius 2 is 1.67 bits per heavy atom. The average molecular weight is 276 g/mol. The maximum Gasteiger partial charge on any atom is 0.175 e. The van der Waals surface area contributed by atoms with Gasteiger partial charge in [-0.15, -0.1) is 0 Å². The third-order valence-electron chi connectivity index (χ3n) is 2.29. The minimum absolute atomic E-state index is 0.522. The molecular formula is C14H12ClN2S. The number of anilines is 2. The highest BCUT2D eigenvalue weighted by Crippen LogP contribution is 2.15. The summed E-state index contributed by atoms with van der Waals surface area (Å²) < 4.78 is 0. The predicted octanol–water partition coefficient (Wildman–Crippen LogP) is 4.33. The van der Waals surface area contributed by atoms with Crippen LogP contribution in [0.5, 0.6) is 0 Å². The van der Waals surface area contributed by atoms with Crippen molar-refractivity contribution in [3.05, 3.63) is 66.0 Å². The molecule has 0 spiro atoms. The molecule has 0 aliphatic heterocycles. The summed E-state index contributed by atoms with van der Waals surface area (Å²) >= 11 is 11.1. The van der Waals surface area contributed by atoms with E-state index in [1.165, 1.54) is 0 Å². The summed E-state index contributed by atoms with van der Waals surface area (Å²) in [5.74, 6) is 0. The zero-order chi connectivity index (χ0) is 13.0. The molecule has 0 saturated carbocycles. The fourth-order valence-electron chi connectivity index (χ4n) is 1.45. The lowest BCUT2D eigenvalue weighted by Gasteiger charge is -2.10. The molecule has 0 fully saturated rings. The number of benzene rings is 2. The standard InChI is InChI=1S/C14H12ClN2S/c1-10-5-7-12(8-6-10)16-14(18)17-13-4-2-3-11(15)9-13/h2-9H,1H2,(H2,16,17,18). The summed E-state index contributed by atoms with van der Waals surface area (Å²) in [6.07, 6.45) is 0. The molecule has 0 aliphatic rings. The van der Waals surface area contributed by atoms with Crippen LogP contribution in [0.2, 0.25) is 5.02 Å². The number of rotatable bonds is 2. The molecule has 2 aromatic carbocycles. The van der Waals surface area contributed by atoms with Gasteiger partial charge in [0.15, 0.2) is 5.11 Å². The van der Waals surface area contributed by atoms with E-state index in [0.29, 0.717) is 10.1 Å². The first-order chi connectivity index (χ1) is 8.63. The van der Waals surface area contributed by atoms with Crippen LogP contribution in [-0.4, -0.2) is 5.11 Å². The molecule has 0 saturated heterocycles. The van der Waals surface area contributed by atoms with Gasteiger partial charge in [0, 0.05) is 16.4 Å². The number of halogens is 1. The second-order valence-corrected chi connectivity index (χ2v) is 4.63. The molecule has 1 radical (unpaired) electrons. The van der Waals surface area contributed by atoms with E-state index in [1.54, 1.807) is 0 Å². The van der Waals surface area contributed by atoms with E-state index in [1.807, 2.05) is 48.5 Å². The molecule has 0 amide bonds. The molecular weight excluding hydrogens is 264 g/mol. The predicted molar refractivity (Wildman–Crippen MR) is 82.2 cm³/mol. The Labute approximate surface area is 117 Å². The second-order valence-electron chi connectivity index (χ2n) is 3.79. The van der Waals surface area contributed by atoms with Crippen LogP contribution in [0.15, 0.2) is 48.5 Å². The Bertz CT molecular complexity index is 552. The highest BCUT2D eigenvalue weighted by molar-refractivity contribution is 7.80. The molecule has 0 aromatic heterocycles. The second kappa shape index (κ2) is 5.85. The Kier molecular flexibility index (Phi) is 4.18. The molecule has 0 atom stereocenters. The van der Waals surface area contributed by atoms with Crippen LogP contribution in [0.25, 0.3) is 0 Å². The van der Waals surface area contributed by atoms with Crippen molar-refractivity contribution in [3.63, 3.8) is 0 Å². The van der Waals surface area contributed by atoms with Crippen molar-refractivity contribution in [2.75, 3.05) is 10.6 Å². The number of hydrogen-bond acceptors (Lipinski definition) is 1. The van der Waals surface area contributed by atoms with Crippen LogP contribution < -0.4 is 10.6 Å². The summed E-state index contributed by atoms with van der Waals surface area (Å²) in [7, 11) is 0. The van der Waals surface area contributed by atoms with E-state index < -0.39 is 0 Å². The minimum atomic E-state index is 0.522. The van der Waals surface area contributed by atoms with Crippen LogP contribution in [-0.2, 0) is 0 Å². The van der Waals surface area contributed by atoms with Crippen molar-refractivity contribution in [1.29, 1.82) is 0 Å². The van der Waals surface area contributed by atoms with Crippen LogP contribution in [0.4, 0.5) is 11.4 Å².